The highest BCUT2D eigenvalue weighted by molar-refractivity contribution is 9.10. The number of halogens is 1. The fourth-order valence-corrected chi connectivity index (χ4v) is 3.65. The van der Waals surface area contributed by atoms with Crippen LogP contribution in [0.2, 0.25) is 0 Å². The number of ether oxygens (including phenoxy) is 2. The molecule has 0 saturated carbocycles. The molecule has 0 aliphatic carbocycles. The topological polar surface area (TPSA) is 76.7 Å². The van der Waals surface area contributed by atoms with Crippen molar-refractivity contribution in [3.05, 3.63) is 58.1 Å². The van der Waals surface area contributed by atoms with Crippen molar-refractivity contribution in [3.8, 4) is 5.75 Å². The summed E-state index contributed by atoms with van der Waals surface area (Å²) in [5.41, 5.74) is 2.04. The number of benzene rings is 2. The van der Waals surface area contributed by atoms with Crippen molar-refractivity contribution in [2.75, 3.05) is 25.1 Å². The van der Waals surface area contributed by atoms with Crippen LogP contribution in [0.3, 0.4) is 0 Å². The Morgan fingerprint density at radius 3 is 2.79 bits per heavy atom. The van der Waals surface area contributed by atoms with Gasteiger partial charge in [0, 0.05) is 13.2 Å². The molecule has 1 aliphatic rings. The Bertz CT molecular complexity index is 866. The molecule has 7 heteroatoms. The third kappa shape index (κ3) is 6.05. The Morgan fingerprint density at radius 2 is 2.07 bits per heavy atom. The molecule has 1 fully saturated rings. The van der Waals surface area contributed by atoms with Gasteiger partial charge >= 0.3 is 0 Å². The average Bonchev–Trinajstić information content (AvgIpc) is 3.25. The van der Waals surface area contributed by atoms with Crippen molar-refractivity contribution in [3.63, 3.8) is 0 Å². The van der Waals surface area contributed by atoms with E-state index in [4.69, 9.17) is 9.47 Å². The molecular weight excluding hydrogens is 436 g/mol. The lowest BCUT2D eigenvalue weighted by molar-refractivity contribution is -0.118. The fourth-order valence-electron chi connectivity index (χ4n) is 3.11. The van der Waals surface area contributed by atoms with Gasteiger partial charge in [-0.1, -0.05) is 25.1 Å². The van der Waals surface area contributed by atoms with Crippen LogP contribution in [0.15, 0.2) is 46.9 Å². The Hall–Kier alpha value is -2.38. The maximum absolute atomic E-state index is 12.5. The van der Waals surface area contributed by atoms with Gasteiger partial charge in [0.2, 0.25) is 0 Å². The summed E-state index contributed by atoms with van der Waals surface area (Å²) in [4.78, 5) is 24.9. The van der Waals surface area contributed by atoms with Gasteiger partial charge in [0.1, 0.15) is 5.75 Å². The fraction of sp³-hybridized carbons (Fsp3) is 0.364. The molecule has 2 N–H and O–H groups in total. The van der Waals surface area contributed by atoms with Gasteiger partial charge in [-0.25, -0.2) is 0 Å². The number of anilines is 1. The summed E-state index contributed by atoms with van der Waals surface area (Å²) in [5, 5.41) is 5.64. The highest BCUT2D eigenvalue weighted by atomic mass is 79.9. The molecule has 2 aromatic rings. The first-order chi connectivity index (χ1) is 14.1. The van der Waals surface area contributed by atoms with Gasteiger partial charge in [0.25, 0.3) is 11.8 Å². The van der Waals surface area contributed by atoms with Crippen LogP contribution in [0.5, 0.6) is 5.75 Å². The monoisotopic (exact) mass is 460 g/mol. The summed E-state index contributed by atoms with van der Waals surface area (Å²) in [6.45, 7) is 3.12. The summed E-state index contributed by atoms with van der Waals surface area (Å²) in [7, 11) is 0. The Kier molecular flexibility index (Phi) is 7.66. The van der Waals surface area contributed by atoms with E-state index in [1.165, 1.54) is 5.56 Å². The number of carbonyl (C=O) groups excluding carboxylic acids is 2. The van der Waals surface area contributed by atoms with E-state index in [-0.39, 0.29) is 24.5 Å². The molecule has 154 valence electrons. The molecule has 0 aromatic heterocycles. The van der Waals surface area contributed by atoms with E-state index in [0.717, 1.165) is 30.3 Å². The first-order valence-corrected chi connectivity index (χ1v) is 10.6. The smallest absolute Gasteiger partial charge is 0.262 e. The molecule has 1 aliphatic heterocycles. The Morgan fingerprint density at radius 1 is 1.24 bits per heavy atom. The number of amides is 2. The van der Waals surface area contributed by atoms with Gasteiger partial charge in [-0.2, -0.15) is 0 Å². The van der Waals surface area contributed by atoms with Gasteiger partial charge in [-0.3, -0.25) is 9.59 Å². The number of carbonyl (C=O) groups is 2. The van der Waals surface area contributed by atoms with E-state index in [2.05, 4.69) is 33.5 Å². The second-order valence-corrected chi connectivity index (χ2v) is 7.70. The number of rotatable bonds is 8. The maximum Gasteiger partial charge on any atom is 0.262 e. The summed E-state index contributed by atoms with van der Waals surface area (Å²) in [5.74, 6) is 0.0194. The van der Waals surface area contributed by atoms with Gasteiger partial charge < -0.3 is 20.1 Å². The normalized spacial score (nSPS) is 15.7. The van der Waals surface area contributed by atoms with Crippen molar-refractivity contribution >= 4 is 33.4 Å². The van der Waals surface area contributed by atoms with E-state index in [0.29, 0.717) is 23.5 Å². The van der Waals surface area contributed by atoms with Gasteiger partial charge in [0.05, 0.1) is 21.8 Å². The molecule has 0 spiro atoms. The molecule has 3 rings (SSSR count). The molecule has 2 amide bonds. The first kappa shape index (κ1) is 21.3. The van der Waals surface area contributed by atoms with E-state index in [1.54, 1.807) is 24.3 Å². The quantitative estimate of drug-likeness (QED) is 0.625. The minimum absolute atomic E-state index is 0.0617. The van der Waals surface area contributed by atoms with Crippen LogP contribution in [-0.4, -0.2) is 37.7 Å². The number of hydrogen-bond donors (Lipinski definition) is 2. The van der Waals surface area contributed by atoms with Crippen LogP contribution < -0.4 is 15.4 Å². The van der Waals surface area contributed by atoms with Crippen molar-refractivity contribution in [1.29, 1.82) is 0 Å². The van der Waals surface area contributed by atoms with E-state index < -0.39 is 0 Å². The summed E-state index contributed by atoms with van der Waals surface area (Å²) < 4.78 is 11.9. The molecular formula is C22H25BrN2O4. The van der Waals surface area contributed by atoms with Crippen LogP contribution in [0.25, 0.3) is 0 Å². The standard InChI is InChI=1S/C22H25BrN2O4/c1-2-15-9-10-20(18(23)12-15)29-14-21(26)25-19-8-4-3-7-17(19)22(27)24-13-16-6-5-11-28-16/h3-4,7-10,12,16H,2,5-6,11,13-14H2,1H3,(H,24,27)(H,25,26)/t16-/m0/s1. The lowest BCUT2D eigenvalue weighted by atomic mass is 10.1. The van der Waals surface area contributed by atoms with E-state index >= 15 is 0 Å². The highest BCUT2D eigenvalue weighted by Gasteiger charge is 2.18. The first-order valence-electron chi connectivity index (χ1n) is 9.76. The molecule has 0 radical (unpaired) electrons. The van der Waals surface area contributed by atoms with Crippen LogP contribution in [0.4, 0.5) is 5.69 Å². The predicted octanol–water partition coefficient (Wildman–Crippen LogP) is 3.94. The third-order valence-corrected chi connectivity index (χ3v) is 5.34. The Balaban J connectivity index is 1.56. The van der Waals surface area contributed by atoms with Crippen LogP contribution >= 0.6 is 15.9 Å². The van der Waals surface area contributed by atoms with E-state index in [9.17, 15) is 9.59 Å². The van der Waals surface area contributed by atoms with Gasteiger partial charge in [0.15, 0.2) is 6.61 Å². The van der Waals surface area contributed by atoms with Crippen molar-refractivity contribution in [2.45, 2.75) is 32.3 Å². The number of hydrogen-bond acceptors (Lipinski definition) is 4. The van der Waals surface area contributed by atoms with Gasteiger partial charge in [-0.05, 0) is 65.0 Å². The Labute approximate surface area is 179 Å². The van der Waals surface area contributed by atoms with Gasteiger partial charge in [-0.15, -0.1) is 0 Å². The molecule has 1 saturated heterocycles. The molecule has 1 atom stereocenters. The molecule has 0 bridgehead atoms. The van der Waals surface area contributed by atoms with Crippen LogP contribution in [0.1, 0.15) is 35.7 Å². The number of nitrogens with one attached hydrogen (secondary N) is 2. The summed E-state index contributed by atoms with van der Waals surface area (Å²) in [6, 6.07) is 12.7. The summed E-state index contributed by atoms with van der Waals surface area (Å²) in [6.07, 6.45) is 2.95. The lowest BCUT2D eigenvalue weighted by Gasteiger charge is -2.14. The molecule has 0 unspecified atom stereocenters. The number of aryl methyl sites for hydroxylation is 1. The summed E-state index contributed by atoms with van der Waals surface area (Å²) >= 11 is 3.46. The van der Waals surface area contributed by atoms with Crippen LogP contribution in [0, 0.1) is 0 Å². The lowest BCUT2D eigenvalue weighted by Crippen LogP contribution is -2.32. The van der Waals surface area contributed by atoms with Crippen LogP contribution in [-0.2, 0) is 16.0 Å². The second kappa shape index (κ2) is 10.4. The SMILES string of the molecule is CCc1ccc(OCC(=O)Nc2ccccc2C(=O)NC[C@@H]2CCCO2)c(Br)c1. The zero-order valence-electron chi connectivity index (χ0n) is 16.4. The molecule has 1 heterocycles. The maximum atomic E-state index is 12.5. The molecule has 6 nitrogen and oxygen atoms in total. The zero-order valence-corrected chi connectivity index (χ0v) is 18.0. The van der Waals surface area contributed by atoms with Crippen molar-refractivity contribution in [1.82, 2.24) is 5.32 Å². The molecule has 29 heavy (non-hydrogen) atoms. The van der Waals surface area contributed by atoms with Crippen molar-refractivity contribution < 1.29 is 19.1 Å². The highest BCUT2D eigenvalue weighted by Crippen LogP contribution is 2.26. The average molecular weight is 461 g/mol. The third-order valence-electron chi connectivity index (χ3n) is 4.72. The zero-order chi connectivity index (χ0) is 20.6. The number of para-hydroxylation sites is 1. The minimum atomic E-state index is -0.337. The second-order valence-electron chi connectivity index (χ2n) is 6.85. The minimum Gasteiger partial charge on any atom is -0.483 e. The molecule has 2 aromatic carbocycles. The van der Waals surface area contributed by atoms with E-state index in [1.807, 2.05) is 18.2 Å². The predicted molar refractivity (Wildman–Crippen MR) is 115 cm³/mol. The van der Waals surface area contributed by atoms with Crippen molar-refractivity contribution in [2.24, 2.45) is 0 Å². The largest absolute Gasteiger partial charge is 0.483 e.